The molecule has 0 atom stereocenters. The summed E-state index contributed by atoms with van der Waals surface area (Å²) in [6.45, 7) is 3.06. The summed E-state index contributed by atoms with van der Waals surface area (Å²) in [6.07, 6.45) is 0.531. The van der Waals surface area contributed by atoms with Gasteiger partial charge in [0.25, 0.3) is 5.91 Å². The summed E-state index contributed by atoms with van der Waals surface area (Å²) < 4.78 is 0.709. The Bertz CT molecular complexity index is 467. The lowest BCUT2D eigenvalue weighted by molar-refractivity contribution is 0.0769. The second-order valence-corrected chi connectivity index (χ2v) is 5.52. The van der Waals surface area contributed by atoms with Crippen molar-refractivity contribution in [1.29, 1.82) is 0 Å². The number of benzene rings is 1. The summed E-state index contributed by atoms with van der Waals surface area (Å²) in [5.74, 6) is -0.0499. The molecule has 1 amide bonds. The van der Waals surface area contributed by atoms with Crippen LogP contribution in [0.2, 0.25) is 5.02 Å². The monoisotopic (exact) mass is 348 g/mol. The Labute approximate surface area is 125 Å². The van der Waals surface area contributed by atoms with E-state index in [4.69, 9.17) is 29.6 Å². The predicted octanol–water partition coefficient (Wildman–Crippen LogP) is 3.24. The molecule has 0 unspecified atom stereocenters. The molecule has 0 bridgehead atoms. The highest BCUT2D eigenvalue weighted by Crippen LogP contribution is 2.23. The van der Waals surface area contributed by atoms with Gasteiger partial charge in [-0.05, 0) is 41.1 Å². The minimum absolute atomic E-state index is 0.0499. The number of rotatable bonds is 5. The number of halogens is 2. The van der Waals surface area contributed by atoms with Crippen LogP contribution in [-0.4, -0.2) is 28.9 Å². The Morgan fingerprint density at radius 3 is 2.72 bits per heavy atom. The fourth-order valence-electron chi connectivity index (χ4n) is 1.46. The molecule has 0 spiro atoms. The summed E-state index contributed by atoms with van der Waals surface area (Å²) in [5, 5.41) is 0.581. The zero-order chi connectivity index (χ0) is 13.7. The first-order valence-electron chi connectivity index (χ1n) is 5.48. The number of nitrogens with two attached hydrogens (primary N) is 1. The van der Waals surface area contributed by atoms with E-state index < -0.39 is 0 Å². The average Bonchev–Trinajstić information content (AvgIpc) is 2.32. The molecule has 18 heavy (non-hydrogen) atoms. The molecule has 1 rings (SSSR count). The highest BCUT2D eigenvalue weighted by Gasteiger charge is 2.15. The Kier molecular flexibility index (Phi) is 6.05. The van der Waals surface area contributed by atoms with Crippen LogP contribution in [0.5, 0.6) is 0 Å². The second-order valence-electron chi connectivity index (χ2n) is 3.73. The van der Waals surface area contributed by atoms with E-state index in [0.29, 0.717) is 39.6 Å². The summed E-state index contributed by atoms with van der Waals surface area (Å²) in [7, 11) is 0. The molecule has 0 aromatic heterocycles. The summed E-state index contributed by atoms with van der Waals surface area (Å²) >= 11 is 14.0. The van der Waals surface area contributed by atoms with Crippen molar-refractivity contribution in [1.82, 2.24) is 4.90 Å². The van der Waals surface area contributed by atoms with E-state index in [1.54, 1.807) is 23.1 Å². The van der Waals surface area contributed by atoms with Crippen molar-refractivity contribution in [3.8, 4) is 0 Å². The van der Waals surface area contributed by atoms with Crippen LogP contribution in [0.1, 0.15) is 23.7 Å². The highest BCUT2D eigenvalue weighted by atomic mass is 79.9. The van der Waals surface area contributed by atoms with Gasteiger partial charge in [0.1, 0.15) is 0 Å². The zero-order valence-corrected chi connectivity index (χ0v) is 13.1. The number of carbonyl (C=O) groups is 1. The van der Waals surface area contributed by atoms with E-state index in [1.165, 1.54) is 0 Å². The molecule has 0 saturated carbocycles. The van der Waals surface area contributed by atoms with E-state index in [0.717, 1.165) is 0 Å². The number of amides is 1. The van der Waals surface area contributed by atoms with E-state index in [9.17, 15) is 4.79 Å². The van der Waals surface area contributed by atoms with Crippen molar-refractivity contribution in [3.05, 3.63) is 33.3 Å². The Morgan fingerprint density at radius 2 is 2.22 bits per heavy atom. The van der Waals surface area contributed by atoms with Gasteiger partial charge in [0.15, 0.2) is 0 Å². The third kappa shape index (κ3) is 4.23. The second kappa shape index (κ2) is 7.07. The van der Waals surface area contributed by atoms with E-state index >= 15 is 0 Å². The molecule has 0 saturated heterocycles. The third-order valence-corrected chi connectivity index (χ3v) is 3.88. The molecular formula is C12H14BrClN2OS. The minimum atomic E-state index is -0.0499. The van der Waals surface area contributed by atoms with Gasteiger partial charge < -0.3 is 10.6 Å². The Balaban J connectivity index is 2.82. The standard InChI is InChI=1S/C12H14BrClN2OS/c1-2-16(6-5-11(15)18)12(17)8-3-4-10(14)9(13)7-8/h3-4,7H,2,5-6H2,1H3,(H2,15,18). The molecule has 0 heterocycles. The molecule has 0 aliphatic carbocycles. The summed E-state index contributed by atoms with van der Waals surface area (Å²) in [6, 6.07) is 5.12. The van der Waals surface area contributed by atoms with Crippen LogP contribution in [0.25, 0.3) is 0 Å². The van der Waals surface area contributed by atoms with Gasteiger partial charge in [0, 0.05) is 29.5 Å². The van der Waals surface area contributed by atoms with E-state index in [-0.39, 0.29) is 5.91 Å². The molecule has 0 aliphatic rings. The maximum atomic E-state index is 12.2. The van der Waals surface area contributed by atoms with E-state index in [2.05, 4.69) is 15.9 Å². The number of hydrogen-bond donors (Lipinski definition) is 1. The van der Waals surface area contributed by atoms with Gasteiger partial charge in [-0.2, -0.15) is 0 Å². The fraction of sp³-hybridized carbons (Fsp3) is 0.333. The van der Waals surface area contributed by atoms with Crippen LogP contribution in [0.4, 0.5) is 0 Å². The van der Waals surface area contributed by atoms with Crippen molar-refractivity contribution in [2.75, 3.05) is 13.1 Å². The molecule has 0 aliphatic heterocycles. The zero-order valence-electron chi connectivity index (χ0n) is 9.95. The SMILES string of the molecule is CCN(CCC(N)=S)C(=O)c1ccc(Cl)c(Br)c1. The first kappa shape index (κ1) is 15.4. The first-order chi connectivity index (χ1) is 8.45. The number of nitrogens with zero attached hydrogens (tertiary/aromatic N) is 1. The first-order valence-corrected chi connectivity index (χ1v) is 7.06. The van der Waals surface area contributed by atoms with Gasteiger partial charge in [-0.3, -0.25) is 4.79 Å². The lowest BCUT2D eigenvalue weighted by Crippen LogP contribution is -2.33. The molecule has 1 aromatic carbocycles. The van der Waals surface area contributed by atoms with Crippen LogP contribution in [0, 0.1) is 0 Å². The van der Waals surface area contributed by atoms with Crippen molar-refractivity contribution in [2.24, 2.45) is 5.73 Å². The smallest absolute Gasteiger partial charge is 0.253 e. The van der Waals surface area contributed by atoms with Gasteiger partial charge in [0.2, 0.25) is 0 Å². The molecule has 0 fully saturated rings. The van der Waals surface area contributed by atoms with Crippen molar-refractivity contribution >= 4 is 50.6 Å². The molecule has 6 heteroatoms. The summed E-state index contributed by atoms with van der Waals surface area (Å²) in [5.41, 5.74) is 6.04. The molecule has 98 valence electrons. The Morgan fingerprint density at radius 1 is 1.56 bits per heavy atom. The largest absolute Gasteiger partial charge is 0.393 e. The quantitative estimate of drug-likeness (QED) is 0.830. The lowest BCUT2D eigenvalue weighted by Gasteiger charge is -2.20. The fourth-order valence-corrected chi connectivity index (χ4v) is 2.05. The highest BCUT2D eigenvalue weighted by molar-refractivity contribution is 9.10. The van der Waals surface area contributed by atoms with Crippen LogP contribution < -0.4 is 5.73 Å². The van der Waals surface area contributed by atoms with Gasteiger partial charge in [-0.15, -0.1) is 0 Å². The van der Waals surface area contributed by atoms with Gasteiger partial charge in [0.05, 0.1) is 10.0 Å². The number of carbonyl (C=O) groups excluding carboxylic acids is 1. The van der Waals surface area contributed by atoms with Crippen molar-refractivity contribution in [2.45, 2.75) is 13.3 Å². The third-order valence-electron chi connectivity index (χ3n) is 2.46. The number of hydrogen-bond acceptors (Lipinski definition) is 2. The molecule has 3 nitrogen and oxygen atoms in total. The maximum absolute atomic E-state index is 12.2. The minimum Gasteiger partial charge on any atom is -0.393 e. The Hall–Kier alpha value is -0.650. The van der Waals surface area contributed by atoms with Gasteiger partial charge in [-0.25, -0.2) is 0 Å². The van der Waals surface area contributed by atoms with Gasteiger partial charge in [-0.1, -0.05) is 23.8 Å². The van der Waals surface area contributed by atoms with Crippen molar-refractivity contribution in [3.63, 3.8) is 0 Å². The molecule has 1 aromatic rings. The maximum Gasteiger partial charge on any atom is 0.253 e. The van der Waals surface area contributed by atoms with Crippen LogP contribution in [-0.2, 0) is 0 Å². The average molecular weight is 350 g/mol. The number of thiocarbonyl (C=S) groups is 1. The predicted molar refractivity (Wildman–Crippen MR) is 82.1 cm³/mol. The van der Waals surface area contributed by atoms with Crippen LogP contribution >= 0.6 is 39.7 Å². The normalized spacial score (nSPS) is 10.2. The molecule has 2 N–H and O–H groups in total. The van der Waals surface area contributed by atoms with Crippen molar-refractivity contribution < 1.29 is 4.79 Å². The van der Waals surface area contributed by atoms with Crippen LogP contribution in [0.3, 0.4) is 0 Å². The van der Waals surface area contributed by atoms with Crippen LogP contribution in [0.15, 0.2) is 22.7 Å². The van der Waals surface area contributed by atoms with Gasteiger partial charge >= 0.3 is 0 Å². The molecule has 0 radical (unpaired) electrons. The topological polar surface area (TPSA) is 46.3 Å². The van der Waals surface area contributed by atoms with E-state index in [1.807, 2.05) is 6.92 Å². The molecular weight excluding hydrogens is 336 g/mol. The summed E-state index contributed by atoms with van der Waals surface area (Å²) in [4.78, 5) is 14.3. The lowest BCUT2D eigenvalue weighted by atomic mass is 10.2.